The summed E-state index contributed by atoms with van der Waals surface area (Å²) in [6, 6.07) is 1.31. The summed E-state index contributed by atoms with van der Waals surface area (Å²) < 4.78 is 25.0. The monoisotopic (exact) mass is 500 g/mol. The molecule has 0 aliphatic carbocycles. The summed E-state index contributed by atoms with van der Waals surface area (Å²) in [5.74, 6) is 0.726. The van der Waals surface area contributed by atoms with Crippen molar-refractivity contribution in [1.82, 2.24) is 15.1 Å². The lowest BCUT2D eigenvalue weighted by Crippen LogP contribution is -2.20. The van der Waals surface area contributed by atoms with Crippen molar-refractivity contribution in [3.05, 3.63) is 88.3 Å². The first kappa shape index (κ1) is 31.8. The van der Waals surface area contributed by atoms with Crippen LogP contribution in [0.1, 0.15) is 26.0 Å². The van der Waals surface area contributed by atoms with Gasteiger partial charge >= 0.3 is 6.09 Å². The van der Waals surface area contributed by atoms with Crippen LogP contribution < -0.4 is 16.5 Å². The van der Waals surface area contributed by atoms with Crippen LogP contribution in [0.5, 0.6) is 0 Å². The predicted octanol–water partition coefficient (Wildman–Crippen LogP) is 3.10. The number of hydrogen-bond acceptors (Lipinski definition) is 6. The third-order valence-electron chi connectivity index (χ3n) is 3.98. The molecule has 2 amide bonds. The van der Waals surface area contributed by atoms with Crippen molar-refractivity contribution in [3.8, 4) is 12.3 Å². The lowest BCUT2D eigenvalue weighted by Gasteiger charge is -2.05. The van der Waals surface area contributed by atoms with Gasteiger partial charge in [-0.25, -0.2) is 9.18 Å². The number of carbonyl (C=O) groups is 2. The molecule has 1 rings (SSSR count). The van der Waals surface area contributed by atoms with Crippen LogP contribution in [0.25, 0.3) is 0 Å². The van der Waals surface area contributed by atoms with E-state index in [1.807, 2.05) is 13.8 Å². The summed E-state index contributed by atoms with van der Waals surface area (Å²) in [5.41, 5.74) is 5.63. The molecule has 1 heterocycles. The molecule has 0 aliphatic heterocycles. The number of rotatable bonds is 13. The highest BCUT2D eigenvalue weighted by Crippen LogP contribution is 2.08. The number of carbonyl (C=O) groups excluding carboxylic acids is 2. The van der Waals surface area contributed by atoms with Crippen molar-refractivity contribution < 1.29 is 23.5 Å². The van der Waals surface area contributed by atoms with Crippen molar-refractivity contribution in [2.75, 3.05) is 20.3 Å². The van der Waals surface area contributed by atoms with Crippen LogP contribution in [0.3, 0.4) is 0 Å². The Kier molecular flexibility index (Phi) is 16.9. The van der Waals surface area contributed by atoms with Crippen molar-refractivity contribution in [3.63, 3.8) is 0 Å². The molecule has 0 aromatic carbocycles. The van der Waals surface area contributed by atoms with E-state index >= 15 is 0 Å². The number of hydrogen-bond donors (Lipinski definition) is 2. The molecule has 0 radical (unpaired) electrons. The third kappa shape index (κ3) is 14.1. The van der Waals surface area contributed by atoms with Crippen LogP contribution in [-0.2, 0) is 27.2 Å². The molecule has 0 atom stereocenters. The fourth-order valence-corrected chi connectivity index (χ4v) is 2.33. The van der Waals surface area contributed by atoms with Gasteiger partial charge in [-0.1, -0.05) is 32.6 Å². The number of alkyl carbamates (subject to hydrolysis) is 1. The highest BCUT2D eigenvalue weighted by molar-refractivity contribution is 5.92. The summed E-state index contributed by atoms with van der Waals surface area (Å²) in [6.07, 6.45) is 14.4. The van der Waals surface area contributed by atoms with Crippen LogP contribution in [0.2, 0.25) is 0 Å². The van der Waals surface area contributed by atoms with E-state index in [4.69, 9.17) is 21.6 Å². The van der Waals surface area contributed by atoms with Gasteiger partial charge in [0.25, 0.3) is 0 Å². The van der Waals surface area contributed by atoms with E-state index in [0.29, 0.717) is 12.2 Å². The highest BCUT2D eigenvalue weighted by Gasteiger charge is 2.06. The van der Waals surface area contributed by atoms with E-state index in [9.17, 15) is 18.8 Å². The van der Waals surface area contributed by atoms with Crippen LogP contribution >= 0.6 is 0 Å². The minimum atomic E-state index is -0.801. The number of allylic oxidation sites excluding steroid dienone is 7. The fraction of sp³-hybridized carbons (Fsp3) is 0.308. The fourth-order valence-electron chi connectivity index (χ4n) is 2.33. The van der Waals surface area contributed by atoms with Gasteiger partial charge in [0.2, 0.25) is 11.3 Å². The summed E-state index contributed by atoms with van der Waals surface area (Å²) in [4.78, 5) is 34.7. The van der Waals surface area contributed by atoms with Crippen LogP contribution in [0, 0.1) is 12.3 Å². The van der Waals surface area contributed by atoms with Crippen molar-refractivity contribution in [1.29, 1.82) is 0 Å². The molecule has 0 saturated carbocycles. The Bertz CT molecular complexity index is 1090. The van der Waals surface area contributed by atoms with Crippen molar-refractivity contribution in [2.45, 2.75) is 33.2 Å². The predicted molar refractivity (Wildman–Crippen MR) is 137 cm³/mol. The zero-order valence-electron chi connectivity index (χ0n) is 20.8. The number of amides is 2. The van der Waals surface area contributed by atoms with Gasteiger partial charge in [0.1, 0.15) is 18.1 Å². The van der Waals surface area contributed by atoms with E-state index in [0.717, 1.165) is 6.08 Å². The Hall–Kier alpha value is -4.23. The Morgan fingerprint density at radius 2 is 2.06 bits per heavy atom. The van der Waals surface area contributed by atoms with Gasteiger partial charge in [0.15, 0.2) is 0 Å². The topological polar surface area (TPSA) is 126 Å². The summed E-state index contributed by atoms with van der Waals surface area (Å²) in [5, 5.41) is 6.60. The summed E-state index contributed by atoms with van der Waals surface area (Å²) in [6.45, 7) is 8.32. The maximum Gasteiger partial charge on any atom is 0.411 e. The second-order valence-electron chi connectivity index (χ2n) is 6.68. The first-order valence-electron chi connectivity index (χ1n) is 11.1. The molecule has 36 heavy (non-hydrogen) atoms. The molecular formula is C26H33FN4O5. The molecule has 0 unspecified atom stereocenters. The maximum absolute atomic E-state index is 14.1. The number of ether oxygens (including phenoxy) is 2. The number of primary amides is 1. The number of nitrogens with two attached hydrogens (primary N) is 1. The molecule has 9 nitrogen and oxygen atoms in total. The van der Waals surface area contributed by atoms with Gasteiger partial charge in [-0.3, -0.25) is 19.6 Å². The molecule has 0 spiro atoms. The number of methoxy groups -OCH3 is 1. The van der Waals surface area contributed by atoms with Gasteiger partial charge in [-0.05, 0) is 23.8 Å². The average molecular weight is 501 g/mol. The summed E-state index contributed by atoms with van der Waals surface area (Å²) >= 11 is 0. The molecule has 3 N–H and O–H groups in total. The van der Waals surface area contributed by atoms with Gasteiger partial charge in [0.05, 0.1) is 13.2 Å². The second-order valence-corrected chi connectivity index (χ2v) is 6.68. The molecule has 194 valence electrons. The van der Waals surface area contributed by atoms with Crippen molar-refractivity contribution >= 4 is 12.0 Å². The van der Waals surface area contributed by atoms with Gasteiger partial charge in [-0.15, -0.1) is 12.3 Å². The average Bonchev–Trinajstić information content (AvgIpc) is 2.85. The van der Waals surface area contributed by atoms with E-state index in [1.165, 1.54) is 36.3 Å². The van der Waals surface area contributed by atoms with Gasteiger partial charge in [-0.2, -0.15) is 5.10 Å². The first-order valence-corrected chi connectivity index (χ1v) is 11.1. The Labute approximate surface area is 210 Å². The number of aromatic nitrogens is 2. The SMILES string of the molecule is C#CC/C(=C\C(F)=C/Cn1ccc(=O)c(CC(=C)/C=C\C=C\NC(=O)OCCOC)n1)C(N)=O.CC. The van der Waals surface area contributed by atoms with Crippen LogP contribution in [0.15, 0.2) is 77.2 Å². The number of nitrogens with one attached hydrogen (secondary N) is 1. The Balaban J connectivity index is 0.00000596. The van der Waals surface area contributed by atoms with Crippen LogP contribution in [0.4, 0.5) is 9.18 Å². The maximum atomic E-state index is 14.1. The van der Waals surface area contributed by atoms with E-state index in [-0.39, 0.29) is 42.7 Å². The van der Waals surface area contributed by atoms with Gasteiger partial charge in [0, 0.05) is 44.0 Å². The molecule has 1 aromatic rings. The Morgan fingerprint density at radius 1 is 1.33 bits per heavy atom. The van der Waals surface area contributed by atoms with E-state index in [2.05, 4.69) is 22.9 Å². The first-order chi connectivity index (χ1) is 17.3. The Morgan fingerprint density at radius 3 is 2.69 bits per heavy atom. The second kappa shape index (κ2) is 19.1. The standard InChI is InChI=1S/C24H27FN4O5.C2H6/c1-4-7-19(23(26)31)17-20(25)9-12-29-13-10-22(30)21(28-29)16-18(2)8-5-6-11-27-24(32)34-15-14-33-3;1-2/h1,5-6,8-11,13,17H,2,7,12,14-16H2,3H3,(H2,26,31)(H,27,32);1-2H3/b8-5-,11-6+,19-17+,20-9+;. The lowest BCUT2D eigenvalue weighted by atomic mass is 10.1. The van der Waals surface area contributed by atoms with Gasteiger partial charge < -0.3 is 15.2 Å². The van der Waals surface area contributed by atoms with E-state index < -0.39 is 17.8 Å². The highest BCUT2D eigenvalue weighted by atomic mass is 19.1. The molecular weight excluding hydrogens is 467 g/mol. The number of nitrogens with zero attached hydrogens (tertiary/aromatic N) is 2. The third-order valence-corrected chi connectivity index (χ3v) is 3.98. The quantitative estimate of drug-likeness (QED) is 0.186. The van der Waals surface area contributed by atoms with Crippen LogP contribution in [-0.4, -0.2) is 42.1 Å². The zero-order chi connectivity index (χ0) is 27.3. The smallest absolute Gasteiger partial charge is 0.411 e. The molecule has 0 aliphatic rings. The molecule has 0 saturated heterocycles. The molecule has 1 aromatic heterocycles. The molecule has 0 fully saturated rings. The molecule has 10 heteroatoms. The molecule has 0 bridgehead atoms. The largest absolute Gasteiger partial charge is 0.447 e. The lowest BCUT2D eigenvalue weighted by molar-refractivity contribution is -0.114. The minimum Gasteiger partial charge on any atom is -0.447 e. The number of terminal acetylenes is 1. The van der Waals surface area contributed by atoms with Crippen molar-refractivity contribution in [2.24, 2.45) is 5.73 Å². The number of halogens is 1. The zero-order valence-corrected chi connectivity index (χ0v) is 20.8. The van der Waals surface area contributed by atoms with E-state index in [1.54, 1.807) is 18.2 Å². The normalized spacial score (nSPS) is 11.5. The summed E-state index contributed by atoms with van der Waals surface area (Å²) in [7, 11) is 1.50. The minimum absolute atomic E-state index is 0.00884.